The number of rotatable bonds is 6. The molecule has 1 heterocycles. The molecule has 0 radical (unpaired) electrons. The molecule has 0 bridgehead atoms. The van der Waals surface area contributed by atoms with Crippen molar-refractivity contribution in [3.63, 3.8) is 0 Å². The first-order chi connectivity index (χ1) is 10.5. The molecule has 0 aliphatic carbocycles. The van der Waals surface area contributed by atoms with E-state index in [0.29, 0.717) is 11.1 Å². The molecule has 116 valence electrons. The second-order valence-electron chi connectivity index (χ2n) is 5.31. The fourth-order valence-corrected chi connectivity index (χ4v) is 1.94. The SMILES string of the molecule is CC(C)NCC(O)(OC(=O)c1ccncc1)c1ccccc1. The van der Waals surface area contributed by atoms with E-state index in [4.69, 9.17) is 4.74 Å². The van der Waals surface area contributed by atoms with Crippen molar-refractivity contribution in [2.75, 3.05) is 6.54 Å². The summed E-state index contributed by atoms with van der Waals surface area (Å²) in [7, 11) is 0. The number of pyridine rings is 1. The number of nitrogens with one attached hydrogen (secondary N) is 1. The van der Waals surface area contributed by atoms with Gasteiger partial charge in [0.1, 0.15) is 0 Å². The van der Waals surface area contributed by atoms with E-state index in [1.54, 1.807) is 36.4 Å². The molecule has 0 spiro atoms. The fourth-order valence-electron chi connectivity index (χ4n) is 1.94. The van der Waals surface area contributed by atoms with Gasteiger partial charge < -0.3 is 15.2 Å². The van der Waals surface area contributed by atoms with E-state index in [1.165, 1.54) is 12.4 Å². The van der Waals surface area contributed by atoms with Crippen LogP contribution in [-0.4, -0.2) is 28.6 Å². The van der Waals surface area contributed by atoms with Gasteiger partial charge in [-0.3, -0.25) is 4.98 Å². The van der Waals surface area contributed by atoms with Crippen LogP contribution in [0.2, 0.25) is 0 Å². The molecule has 1 unspecified atom stereocenters. The number of hydrogen-bond donors (Lipinski definition) is 2. The largest absolute Gasteiger partial charge is 0.424 e. The molecular weight excluding hydrogens is 280 g/mol. The van der Waals surface area contributed by atoms with Gasteiger partial charge in [-0.2, -0.15) is 0 Å². The third-order valence-electron chi connectivity index (χ3n) is 3.15. The minimum absolute atomic E-state index is 0.103. The van der Waals surface area contributed by atoms with Crippen molar-refractivity contribution in [1.82, 2.24) is 10.3 Å². The van der Waals surface area contributed by atoms with Gasteiger partial charge in [-0.05, 0) is 12.1 Å². The Kier molecular flexibility index (Phi) is 5.25. The molecule has 5 heteroatoms. The van der Waals surface area contributed by atoms with E-state index in [1.807, 2.05) is 19.9 Å². The van der Waals surface area contributed by atoms with Crippen LogP contribution in [0.15, 0.2) is 54.9 Å². The highest BCUT2D eigenvalue weighted by atomic mass is 16.7. The molecule has 0 saturated carbocycles. The molecule has 0 fully saturated rings. The number of ether oxygens (including phenoxy) is 1. The lowest BCUT2D eigenvalue weighted by molar-refractivity contribution is -0.170. The molecule has 2 N–H and O–H groups in total. The zero-order valence-electron chi connectivity index (χ0n) is 12.7. The van der Waals surface area contributed by atoms with Gasteiger partial charge in [0.15, 0.2) is 0 Å². The summed E-state index contributed by atoms with van der Waals surface area (Å²) in [6.45, 7) is 4.01. The van der Waals surface area contributed by atoms with Crippen molar-refractivity contribution in [3.8, 4) is 0 Å². The molecule has 1 atom stereocenters. The molecular formula is C17H20N2O3. The quantitative estimate of drug-likeness (QED) is 0.631. The monoisotopic (exact) mass is 300 g/mol. The number of aliphatic hydroxyl groups is 1. The summed E-state index contributed by atoms with van der Waals surface area (Å²) in [6, 6.07) is 12.1. The van der Waals surface area contributed by atoms with Gasteiger partial charge in [0.2, 0.25) is 0 Å². The summed E-state index contributed by atoms with van der Waals surface area (Å²) in [5.74, 6) is -2.33. The molecule has 2 aromatic rings. The minimum atomic E-state index is -1.73. The average Bonchev–Trinajstić information content (AvgIpc) is 2.54. The Hall–Kier alpha value is -2.24. The van der Waals surface area contributed by atoms with Crippen molar-refractivity contribution in [2.24, 2.45) is 0 Å². The van der Waals surface area contributed by atoms with Crippen LogP contribution in [0.1, 0.15) is 29.8 Å². The maximum atomic E-state index is 12.2. The van der Waals surface area contributed by atoms with Crippen LogP contribution >= 0.6 is 0 Å². The standard InChI is InChI=1S/C17H20N2O3/c1-13(2)19-12-17(21,15-6-4-3-5-7-15)22-16(20)14-8-10-18-11-9-14/h3-11,13,19,21H,12H2,1-2H3. The molecule has 1 aromatic heterocycles. The van der Waals surface area contributed by atoms with E-state index < -0.39 is 11.8 Å². The lowest BCUT2D eigenvalue weighted by atomic mass is 10.1. The smallest absolute Gasteiger partial charge is 0.341 e. The Balaban J connectivity index is 2.23. The van der Waals surface area contributed by atoms with E-state index in [-0.39, 0.29) is 12.6 Å². The number of hydrogen-bond acceptors (Lipinski definition) is 5. The molecule has 2 rings (SSSR count). The number of carbonyl (C=O) groups is 1. The predicted octanol–water partition coefficient (Wildman–Crippen LogP) is 2.08. The van der Waals surface area contributed by atoms with Crippen LogP contribution in [0.4, 0.5) is 0 Å². The van der Waals surface area contributed by atoms with E-state index in [9.17, 15) is 9.90 Å². The lowest BCUT2D eigenvalue weighted by Crippen LogP contribution is -2.44. The summed E-state index contributed by atoms with van der Waals surface area (Å²) in [4.78, 5) is 16.1. The van der Waals surface area contributed by atoms with Gasteiger partial charge in [-0.25, -0.2) is 4.79 Å². The highest BCUT2D eigenvalue weighted by molar-refractivity contribution is 5.89. The number of nitrogens with zero attached hydrogens (tertiary/aromatic N) is 1. The van der Waals surface area contributed by atoms with Gasteiger partial charge in [-0.1, -0.05) is 44.2 Å². The first-order valence-corrected chi connectivity index (χ1v) is 7.16. The van der Waals surface area contributed by atoms with Crippen LogP contribution in [-0.2, 0) is 10.5 Å². The van der Waals surface area contributed by atoms with Crippen molar-refractivity contribution < 1.29 is 14.6 Å². The lowest BCUT2D eigenvalue weighted by Gasteiger charge is -2.29. The van der Waals surface area contributed by atoms with Gasteiger partial charge in [0.25, 0.3) is 5.79 Å². The summed E-state index contributed by atoms with van der Waals surface area (Å²) in [5.41, 5.74) is 0.861. The molecule has 1 aromatic carbocycles. The molecule has 22 heavy (non-hydrogen) atoms. The van der Waals surface area contributed by atoms with Crippen LogP contribution in [0.25, 0.3) is 0 Å². The predicted molar refractivity (Wildman–Crippen MR) is 83.1 cm³/mol. The van der Waals surface area contributed by atoms with Crippen LogP contribution in [0, 0.1) is 0 Å². The third-order valence-corrected chi connectivity index (χ3v) is 3.15. The minimum Gasteiger partial charge on any atom is -0.424 e. The van der Waals surface area contributed by atoms with Gasteiger partial charge in [0.05, 0.1) is 12.1 Å². The third kappa shape index (κ3) is 4.13. The maximum absolute atomic E-state index is 12.2. The highest BCUT2D eigenvalue weighted by Crippen LogP contribution is 2.23. The van der Waals surface area contributed by atoms with Gasteiger partial charge in [0, 0.05) is 24.0 Å². The Morgan fingerprint density at radius 3 is 2.45 bits per heavy atom. The van der Waals surface area contributed by atoms with Crippen molar-refractivity contribution in [2.45, 2.75) is 25.7 Å². The summed E-state index contributed by atoms with van der Waals surface area (Å²) >= 11 is 0. The van der Waals surface area contributed by atoms with Crippen LogP contribution in [0.5, 0.6) is 0 Å². The van der Waals surface area contributed by atoms with Crippen LogP contribution < -0.4 is 5.32 Å². The van der Waals surface area contributed by atoms with Crippen molar-refractivity contribution in [3.05, 3.63) is 66.0 Å². The maximum Gasteiger partial charge on any atom is 0.341 e. The zero-order chi connectivity index (χ0) is 16.0. The summed E-state index contributed by atoms with van der Waals surface area (Å²) in [5, 5.41) is 13.9. The number of esters is 1. The molecule has 0 saturated heterocycles. The Labute approximate surface area is 130 Å². The van der Waals surface area contributed by atoms with Crippen molar-refractivity contribution in [1.29, 1.82) is 0 Å². The second kappa shape index (κ2) is 7.15. The van der Waals surface area contributed by atoms with E-state index >= 15 is 0 Å². The first-order valence-electron chi connectivity index (χ1n) is 7.16. The molecule has 0 amide bonds. The van der Waals surface area contributed by atoms with Crippen molar-refractivity contribution >= 4 is 5.97 Å². The average molecular weight is 300 g/mol. The van der Waals surface area contributed by atoms with E-state index in [2.05, 4.69) is 10.3 Å². The van der Waals surface area contributed by atoms with Gasteiger partial charge >= 0.3 is 5.97 Å². The topological polar surface area (TPSA) is 71.4 Å². The fraction of sp³-hybridized carbons (Fsp3) is 0.294. The molecule has 5 nitrogen and oxygen atoms in total. The number of carbonyl (C=O) groups excluding carboxylic acids is 1. The Bertz CT molecular complexity index is 602. The Morgan fingerprint density at radius 2 is 1.86 bits per heavy atom. The highest BCUT2D eigenvalue weighted by Gasteiger charge is 2.34. The number of aromatic nitrogens is 1. The van der Waals surface area contributed by atoms with Crippen LogP contribution in [0.3, 0.4) is 0 Å². The number of benzene rings is 1. The first kappa shape index (κ1) is 16.1. The summed E-state index contributed by atoms with van der Waals surface area (Å²) < 4.78 is 5.39. The van der Waals surface area contributed by atoms with E-state index in [0.717, 1.165) is 0 Å². The molecule has 0 aliphatic rings. The normalized spacial score (nSPS) is 13.6. The van der Waals surface area contributed by atoms with Gasteiger partial charge in [-0.15, -0.1) is 0 Å². The summed E-state index contributed by atoms with van der Waals surface area (Å²) in [6.07, 6.45) is 3.01. The zero-order valence-corrected chi connectivity index (χ0v) is 12.7. The molecule has 0 aliphatic heterocycles. The Morgan fingerprint density at radius 1 is 1.23 bits per heavy atom. The second-order valence-corrected chi connectivity index (χ2v) is 5.31.